The Morgan fingerprint density at radius 1 is 1.08 bits per heavy atom. The first-order valence-corrected chi connectivity index (χ1v) is 5.71. The van der Waals surface area contributed by atoms with Crippen molar-refractivity contribution in [1.29, 1.82) is 0 Å². The predicted octanol–water partition coefficient (Wildman–Crippen LogP) is 4.21. The number of rotatable bonds is 2. The van der Waals surface area contributed by atoms with Crippen molar-refractivity contribution in [2.75, 3.05) is 0 Å². The van der Waals surface area contributed by atoms with E-state index in [0.717, 1.165) is 11.8 Å². The van der Waals surface area contributed by atoms with Gasteiger partial charge in [0, 0.05) is 0 Å². The van der Waals surface area contributed by atoms with E-state index in [-0.39, 0.29) is 0 Å². The van der Waals surface area contributed by atoms with E-state index in [4.69, 9.17) is 0 Å². The second kappa shape index (κ2) is 5.61. The summed E-state index contributed by atoms with van der Waals surface area (Å²) < 4.78 is 0. The Hall–Kier alpha value is 0. The van der Waals surface area contributed by atoms with Gasteiger partial charge in [-0.05, 0) is 24.7 Å². The molecule has 0 aromatic rings. The molecule has 0 heteroatoms. The fraction of sp³-hybridized carbons (Fsp3) is 0.917. The van der Waals surface area contributed by atoms with Crippen LogP contribution in [0, 0.1) is 18.3 Å². The monoisotopic (exact) mass is 167 g/mol. The van der Waals surface area contributed by atoms with Crippen molar-refractivity contribution in [3.05, 3.63) is 6.42 Å². The molecule has 12 heavy (non-hydrogen) atoms. The lowest BCUT2D eigenvalue weighted by molar-refractivity contribution is 0.298. The molecule has 0 aliphatic heterocycles. The van der Waals surface area contributed by atoms with Crippen LogP contribution in [0.15, 0.2) is 0 Å². The summed E-state index contributed by atoms with van der Waals surface area (Å²) in [5, 5.41) is 0. The molecule has 71 valence electrons. The molecule has 1 aliphatic carbocycles. The van der Waals surface area contributed by atoms with Gasteiger partial charge in [-0.2, -0.15) is 0 Å². The molecule has 2 unspecified atom stereocenters. The number of hydrogen-bond donors (Lipinski definition) is 0. The number of hydrogen-bond acceptors (Lipinski definition) is 0. The van der Waals surface area contributed by atoms with E-state index in [1.807, 2.05) is 0 Å². The van der Waals surface area contributed by atoms with Crippen LogP contribution in [0.2, 0.25) is 0 Å². The summed E-state index contributed by atoms with van der Waals surface area (Å²) >= 11 is 0. The minimum Gasteiger partial charge on any atom is -0.0651 e. The lowest BCUT2D eigenvalue weighted by Gasteiger charge is -2.27. The van der Waals surface area contributed by atoms with Gasteiger partial charge in [-0.3, -0.25) is 0 Å². The van der Waals surface area contributed by atoms with Crippen LogP contribution in [0.3, 0.4) is 0 Å². The van der Waals surface area contributed by atoms with Crippen LogP contribution in [-0.4, -0.2) is 0 Å². The van der Waals surface area contributed by atoms with Gasteiger partial charge in [0.05, 0.1) is 0 Å². The average molecular weight is 167 g/mol. The first-order chi connectivity index (χ1) is 5.88. The first kappa shape index (κ1) is 10.1. The Labute approximate surface area is 77.7 Å². The Morgan fingerprint density at radius 3 is 2.58 bits per heavy atom. The molecule has 0 aromatic carbocycles. The zero-order chi connectivity index (χ0) is 8.81. The highest BCUT2D eigenvalue weighted by Crippen LogP contribution is 2.31. The van der Waals surface area contributed by atoms with Crippen LogP contribution in [0.25, 0.3) is 0 Å². The summed E-state index contributed by atoms with van der Waals surface area (Å²) in [6, 6.07) is 0. The third-order valence-electron chi connectivity index (χ3n) is 3.35. The van der Waals surface area contributed by atoms with Gasteiger partial charge in [0.15, 0.2) is 0 Å². The second-order valence-corrected chi connectivity index (χ2v) is 4.11. The average Bonchev–Trinajstić information content (AvgIpc) is 2.05. The highest BCUT2D eigenvalue weighted by Gasteiger charge is 2.19. The van der Waals surface area contributed by atoms with Crippen LogP contribution in [0.1, 0.15) is 58.8 Å². The molecule has 1 rings (SSSR count). The largest absolute Gasteiger partial charge is 0.0651 e. The molecule has 1 saturated carbocycles. The van der Waals surface area contributed by atoms with Gasteiger partial charge in [-0.25, -0.2) is 0 Å². The van der Waals surface area contributed by atoms with E-state index in [9.17, 15) is 0 Å². The highest BCUT2D eigenvalue weighted by molar-refractivity contribution is 4.82. The zero-order valence-electron chi connectivity index (χ0n) is 8.68. The summed E-state index contributed by atoms with van der Waals surface area (Å²) in [6.07, 6.45) is 12.6. The van der Waals surface area contributed by atoms with Crippen molar-refractivity contribution in [3.8, 4) is 0 Å². The van der Waals surface area contributed by atoms with Crippen molar-refractivity contribution < 1.29 is 0 Å². The van der Waals surface area contributed by atoms with Crippen LogP contribution < -0.4 is 0 Å². The van der Waals surface area contributed by atoms with Crippen molar-refractivity contribution in [2.24, 2.45) is 11.8 Å². The lowest BCUT2D eigenvalue weighted by atomic mass is 9.79. The molecule has 0 heterocycles. The van der Waals surface area contributed by atoms with E-state index >= 15 is 0 Å². The van der Waals surface area contributed by atoms with E-state index in [0.29, 0.717) is 0 Å². The van der Waals surface area contributed by atoms with E-state index in [1.165, 1.54) is 44.9 Å². The molecule has 1 fully saturated rings. The van der Waals surface area contributed by atoms with Crippen molar-refractivity contribution >= 4 is 0 Å². The Balaban J connectivity index is 2.39. The van der Waals surface area contributed by atoms with Crippen LogP contribution in [0.4, 0.5) is 0 Å². The molecular formula is C12H23. The van der Waals surface area contributed by atoms with Gasteiger partial charge in [-0.15, -0.1) is 0 Å². The molecule has 1 radical (unpaired) electrons. The van der Waals surface area contributed by atoms with Gasteiger partial charge in [0.1, 0.15) is 0 Å². The minimum atomic E-state index is 0.926. The maximum absolute atomic E-state index is 2.59. The van der Waals surface area contributed by atoms with Crippen molar-refractivity contribution in [3.63, 3.8) is 0 Å². The fourth-order valence-corrected chi connectivity index (χ4v) is 2.47. The standard InChI is InChI=1S/C12H23/c1-3-11-9-7-5-6-8-10-12(11)4-2/h9,11-12H,3-8,10H2,1-2H3. The zero-order valence-corrected chi connectivity index (χ0v) is 8.68. The Morgan fingerprint density at radius 2 is 1.92 bits per heavy atom. The normalized spacial score (nSPS) is 32.5. The summed E-state index contributed by atoms with van der Waals surface area (Å²) in [5.74, 6) is 1.92. The Kier molecular flexibility index (Phi) is 4.72. The van der Waals surface area contributed by atoms with Gasteiger partial charge >= 0.3 is 0 Å². The molecule has 0 bridgehead atoms. The highest BCUT2D eigenvalue weighted by atomic mass is 14.2. The third kappa shape index (κ3) is 2.80. The van der Waals surface area contributed by atoms with Gasteiger partial charge in [0.25, 0.3) is 0 Å². The molecule has 0 N–H and O–H groups in total. The van der Waals surface area contributed by atoms with Crippen molar-refractivity contribution in [1.82, 2.24) is 0 Å². The maximum atomic E-state index is 2.59. The van der Waals surface area contributed by atoms with Crippen molar-refractivity contribution in [2.45, 2.75) is 58.8 Å². The fourth-order valence-electron chi connectivity index (χ4n) is 2.47. The van der Waals surface area contributed by atoms with Gasteiger partial charge < -0.3 is 0 Å². The summed E-state index contributed by atoms with van der Waals surface area (Å²) in [4.78, 5) is 0. The smallest absolute Gasteiger partial charge is 0.0352 e. The molecule has 0 saturated heterocycles. The lowest BCUT2D eigenvalue weighted by Crippen LogP contribution is -2.15. The van der Waals surface area contributed by atoms with Crippen LogP contribution >= 0.6 is 0 Å². The predicted molar refractivity (Wildman–Crippen MR) is 54.9 cm³/mol. The van der Waals surface area contributed by atoms with Crippen LogP contribution in [-0.2, 0) is 0 Å². The molecule has 0 aromatic heterocycles. The summed E-state index contributed by atoms with van der Waals surface area (Å²) in [6.45, 7) is 4.69. The topological polar surface area (TPSA) is 0 Å². The molecule has 0 amide bonds. The van der Waals surface area contributed by atoms with Crippen LogP contribution in [0.5, 0.6) is 0 Å². The van der Waals surface area contributed by atoms with E-state index < -0.39 is 0 Å². The molecule has 0 spiro atoms. The van der Waals surface area contributed by atoms with E-state index in [1.54, 1.807) is 0 Å². The minimum absolute atomic E-state index is 0.926. The van der Waals surface area contributed by atoms with Gasteiger partial charge in [0.2, 0.25) is 0 Å². The second-order valence-electron chi connectivity index (χ2n) is 4.11. The Bertz CT molecular complexity index is 92.6. The molecular weight excluding hydrogens is 144 g/mol. The summed E-state index contributed by atoms with van der Waals surface area (Å²) in [5.41, 5.74) is 0. The SMILES string of the molecule is CCC1[CH]CCCCCC1CC. The van der Waals surface area contributed by atoms with E-state index in [2.05, 4.69) is 20.3 Å². The molecule has 2 atom stereocenters. The third-order valence-corrected chi connectivity index (χ3v) is 3.35. The summed E-state index contributed by atoms with van der Waals surface area (Å²) in [7, 11) is 0. The quantitative estimate of drug-likeness (QED) is 0.578. The van der Waals surface area contributed by atoms with Gasteiger partial charge in [-0.1, -0.05) is 52.4 Å². The maximum Gasteiger partial charge on any atom is -0.0352 e. The first-order valence-electron chi connectivity index (χ1n) is 5.71. The molecule has 0 nitrogen and oxygen atoms in total. The molecule has 1 aliphatic rings.